The second-order valence-corrected chi connectivity index (χ2v) is 10.1. The number of halogens is 1. The van der Waals surface area contributed by atoms with Crippen LogP contribution >= 0.6 is 34.3 Å². The van der Waals surface area contributed by atoms with E-state index in [4.69, 9.17) is 11.6 Å². The number of fused-ring (bicyclic) bond motifs is 1. The second kappa shape index (κ2) is 8.18. The van der Waals surface area contributed by atoms with E-state index in [0.29, 0.717) is 21.0 Å². The van der Waals surface area contributed by atoms with Crippen molar-refractivity contribution in [2.45, 2.75) is 13.0 Å². The largest absolute Gasteiger partial charge is 0.503 e. The summed E-state index contributed by atoms with van der Waals surface area (Å²) in [5, 5.41) is 14.5. The van der Waals surface area contributed by atoms with Crippen molar-refractivity contribution >= 4 is 67.0 Å². The fourth-order valence-electron chi connectivity index (χ4n) is 3.80. The molecule has 0 spiro atoms. The molecule has 1 N–H and O–H groups in total. The summed E-state index contributed by atoms with van der Waals surface area (Å²) < 4.78 is 0.750. The minimum absolute atomic E-state index is 0.0738. The van der Waals surface area contributed by atoms with Crippen LogP contribution in [-0.2, 0) is 4.79 Å². The van der Waals surface area contributed by atoms with E-state index in [-0.39, 0.29) is 16.4 Å². The average Bonchev–Trinajstić information content (AvgIpc) is 3.50. The van der Waals surface area contributed by atoms with Crippen LogP contribution in [0.3, 0.4) is 0 Å². The zero-order valence-corrected chi connectivity index (χ0v) is 19.4. The number of aliphatic hydroxyl groups is 1. The van der Waals surface area contributed by atoms with Gasteiger partial charge in [-0.25, -0.2) is 4.98 Å². The third-order valence-corrected chi connectivity index (χ3v) is 7.60. The number of nitroso groups, excluding NO2 is 1. The Morgan fingerprint density at radius 2 is 1.94 bits per heavy atom. The molecule has 0 saturated carbocycles. The number of aryl methyl sites for hydroxylation is 1. The number of amides is 1. The molecule has 1 aliphatic rings. The molecule has 1 aliphatic heterocycles. The van der Waals surface area contributed by atoms with E-state index < -0.39 is 23.5 Å². The number of hydrogen-bond donors (Lipinski definition) is 1. The van der Waals surface area contributed by atoms with E-state index in [0.717, 1.165) is 9.58 Å². The Morgan fingerprint density at radius 1 is 1.15 bits per heavy atom. The van der Waals surface area contributed by atoms with Crippen LogP contribution in [0.1, 0.15) is 26.2 Å². The van der Waals surface area contributed by atoms with Crippen LogP contribution in [0.2, 0.25) is 5.02 Å². The fourth-order valence-corrected chi connectivity index (χ4v) is 5.91. The van der Waals surface area contributed by atoms with E-state index in [9.17, 15) is 19.6 Å². The molecule has 10 heteroatoms. The fraction of sp³-hybridized carbons (Fsp3) is 0.0870. The number of thiazole rings is 1. The molecule has 0 bridgehead atoms. The first-order valence-corrected chi connectivity index (χ1v) is 11.8. The maximum absolute atomic E-state index is 13.4. The molecule has 0 fully saturated rings. The van der Waals surface area contributed by atoms with Crippen LogP contribution in [0.4, 0.5) is 10.8 Å². The van der Waals surface area contributed by atoms with Gasteiger partial charge in [-0.3, -0.25) is 14.5 Å². The van der Waals surface area contributed by atoms with Crippen molar-refractivity contribution in [3.63, 3.8) is 0 Å². The minimum Gasteiger partial charge on any atom is -0.503 e. The summed E-state index contributed by atoms with van der Waals surface area (Å²) in [7, 11) is 0. The third kappa shape index (κ3) is 3.54. The lowest BCUT2D eigenvalue weighted by Crippen LogP contribution is -2.30. The first kappa shape index (κ1) is 21.4. The van der Waals surface area contributed by atoms with E-state index in [1.807, 2.05) is 13.0 Å². The highest BCUT2D eigenvalue weighted by atomic mass is 35.5. The number of aromatic nitrogens is 1. The Bertz CT molecular complexity index is 1490. The Hall–Kier alpha value is -3.40. The van der Waals surface area contributed by atoms with Crippen molar-refractivity contribution in [2.24, 2.45) is 5.18 Å². The molecule has 5 rings (SSSR count). The van der Waals surface area contributed by atoms with Gasteiger partial charge in [0.15, 0.2) is 10.9 Å². The second-order valence-electron chi connectivity index (χ2n) is 7.35. The maximum Gasteiger partial charge on any atom is 0.296 e. The molecule has 1 unspecified atom stereocenters. The predicted molar refractivity (Wildman–Crippen MR) is 130 cm³/mol. The topological polar surface area (TPSA) is 99.9 Å². The van der Waals surface area contributed by atoms with E-state index >= 15 is 0 Å². The predicted octanol–water partition coefficient (Wildman–Crippen LogP) is 6.50. The van der Waals surface area contributed by atoms with Gasteiger partial charge in [-0.1, -0.05) is 41.1 Å². The first-order chi connectivity index (χ1) is 15.9. The highest BCUT2D eigenvalue weighted by molar-refractivity contribution is 7.22. The average molecular weight is 496 g/mol. The zero-order chi connectivity index (χ0) is 23.3. The number of carbonyl (C=O) groups excluding carboxylic acids is 2. The van der Waals surface area contributed by atoms with Crippen LogP contribution in [0.5, 0.6) is 0 Å². The molecule has 1 amide bonds. The Kier molecular flexibility index (Phi) is 5.32. The maximum atomic E-state index is 13.4. The molecule has 3 heterocycles. The summed E-state index contributed by atoms with van der Waals surface area (Å²) in [4.78, 5) is 45.0. The number of thiophene rings is 1. The monoisotopic (exact) mass is 495 g/mol. The number of anilines is 1. The molecular weight excluding hydrogens is 482 g/mol. The summed E-state index contributed by atoms with van der Waals surface area (Å²) in [6.45, 7) is 1.86. The van der Waals surface area contributed by atoms with E-state index in [1.54, 1.807) is 36.4 Å². The van der Waals surface area contributed by atoms with E-state index in [1.165, 1.54) is 39.7 Å². The summed E-state index contributed by atoms with van der Waals surface area (Å²) in [5.74, 6) is -1.86. The number of rotatable bonds is 5. The zero-order valence-electron chi connectivity index (χ0n) is 17.0. The standard InChI is InChI=1S/C23H14ClN3O4S2/c1-11-8-9-16(32-11)20(28)17-19(12-4-2-5-13(10-12)26-31)27(22(30)21(17)29)23-25-18-14(24)6-3-7-15(18)33-23/h2-10,19,29H,1H3. The van der Waals surface area contributed by atoms with Gasteiger partial charge in [0.05, 0.1) is 26.2 Å². The number of hydrogen-bond acceptors (Lipinski definition) is 8. The van der Waals surface area contributed by atoms with Gasteiger partial charge in [0.1, 0.15) is 11.2 Å². The molecule has 164 valence electrons. The van der Waals surface area contributed by atoms with Crippen molar-refractivity contribution < 1.29 is 14.7 Å². The van der Waals surface area contributed by atoms with Gasteiger partial charge in [0.2, 0.25) is 5.78 Å². The van der Waals surface area contributed by atoms with Crippen molar-refractivity contribution in [3.8, 4) is 0 Å². The van der Waals surface area contributed by atoms with E-state index in [2.05, 4.69) is 10.2 Å². The Balaban J connectivity index is 1.71. The van der Waals surface area contributed by atoms with Crippen molar-refractivity contribution in [3.05, 3.63) is 91.2 Å². The summed E-state index contributed by atoms with van der Waals surface area (Å²) in [6.07, 6.45) is 0. The van der Waals surface area contributed by atoms with Gasteiger partial charge >= 0.3 is 0 Å². The number of Topliss-reactive ketones (excluding diaryl/α,β-unsaturated/α-hetero) is 1. The smallest absolute Gasteiger partial charge is 0.296 e. The Labute approximate surface area is 200 Å². The summed E-state index contributed by atoms with van der Waals surface area (Å²) in [5.41, 5.74) is 1.03. The minimum atomic E-state index is -0.992. The molecular formula is C23H14ClN3O4S2. The number of nitrogens with zero attached hydrogens (tertiary/aromatic N) is 3. The van der Waals surface area contributed by atoms with Gasteiger partial charge in [0, 0.05) is 4.88 Å². The Morgan fingerprint density at radius 3 is 2.64 bits per heavy atom. The highest BCUT2D eigenvalue weighted by Gasteiger charge is 2.46. The molecule has 2 aromatic heterocycles. The highest BCUT2D eigenvalue weighted by Crippen LogP contribution is 2.45. The van der Waals surface area contributed by atoms with Crippen molar-refractivity contribution in [1.82, 2.24) is 4.98 Å². The van der Waals surface area contributed by atoms with Crippen LogP contribution in [-0.4, -0.2) is 21.8 Å². The number of carbonyl (C=O) groups is 2. The molecule has 2 aromatic carbocycles. The van der Waals surface area contributed by atoms with Crippen molar-refractivity contribution in [2.75, 3.05) is 4.90 Å². The summed E-state index contributed by atoms with van der Waals surface area (Å²) in [6, 6.07) is 14.0. The molecule has 33 heavy (non-hydrogen) atoms. The number of ketones is 1. The normalized spacial score (nSPS) is 16.1. The molecule has 0 radical (unpaired) electrons. The quantitative estimate of drug-likeness (QED) is 0.251. The van der Waals surface area contributed by atoms with Crippen molar-refractivity contribution in [1.29, 1.82) is 0 Å². The molecule has 4 aromatic rings. The van der Waals surface area contributed by atoms with Crippen LogP contribution in [0, 0.1) is 11.8 Å². The lowest BCUT2D eigenvalue weighted by molar-refractivity contribution is -0.117. The molecule has 1 atom stereocenters. The van der Waals surface area contributed by atoms with Gasteiger partial charge in [-0.2, -0.15) is 0 Å². The molecule has 0 aliphatic carbocycles. The molecule has 7 nitrogen and oxygen atoms in total. The number of para-hydroxylation sites is 1. The lowest BCUT2D eigenvalue weighted by Gasteiger charge is -2.24. The summed E-state index contributed by atoms with van der Waals surface area (Å²) >= 11 is 8.76. The van der Waals surface area contributed by atoms with Crippen LogP contribution in [0.25, 0.3) is 10.2 Å². The lowest BCUT2D eigenvalue weighted by atomic mass is 9.95. The van der Waals surface area contributed by atoms with Gasteiger partial charge < -0.3 is 5.11 Å². The third-order valence-electron chi connectivity index (χ3n) is 5.27. The number of benzene rings is 2. The molecule has 0 saturated heterocycles. The van der Waals surface area contributed by atoms with Gasteiger partial charge in [-0.05, 0) is 54.1 Å². The number of aliphatic hydroxyl groups excluding tert-OH is 1. The van der Waals surface area contributed by atoms with Gasteiger partial charge in [-0.15, -0.1) is 16.2 Å². The van der Waals surface area contributed by atoms with Gasteiger partial charge in [0.25, 0.3) is 5.91 Å². The van der Waals surface area contributed by atoms with Crippen LogP contribution < -0.4 is 4.90 Å². The SMILES string of the molecule is Cc1ccc(C(=O)C2=C(O)C(=O)N(c3nc4c(Cl)cccc4s3)C2c2cccc(N=O)c2)s1. The van der Waals surface area contributed by atoms with Crippen LogP contribution in [0.15, 0.2) is 71.1 Å². The first-order valence-electron chi connectivity index (χ1n) is 9.75.